The lowest BCUT2D eigenvalue weighted by molar-refractivity contribution is -0.141. The van der Waals surface area contributed by atoms with Gasteiger partial charge in [-0.05, 0) is 77.7 Å². The molecule has 5 aliphatic rings. The van der Waals surface area contributed by atoms with E-state index >= 15 is 4.79 Å². The normalized spacial score (nSPS) is 28.4. The molecule has 2 saturated heterocycles. The quantitative estimate of drug-likeness (QED) is 0.181. The summed E-state index contributed by atoms with van der Waals surface area (Å²) in [7, 11) is 0. The first kappa shape index (κ1) is 31.0. The van der Waals surface area contributed by atoms with Gasteiger partial charge in [-0.15, -0.1) is 11.3 Å². The number of halogens is 1. The second-order valence-corrected chi connectivity index (χ2v) is 15.2. The van der Waals surface area contributed by atoms with Crippen molar-refractivity contribution in [3.05, 3.63) is 135 Å². The number of benzene rings is 3. The summed E-state index contributed by atoms with van der Waals surface area (Å²) in [5.74, 6) is -3.70. The number of anilines is 1. The number of phenols is 1. The summed E-state index contributed by atoms with van der Waals surface area (Å²) in [6.45, 7) is 0.213. The molecule has 2 aliphatic carbocycles. The SMILES string of the molecule is O=C1C2CC=C3C(CC4C(=O)N(c5cccc(Cl)c5)C(=O)C4(c4ccccc4)C3C3=COc4ccc(O)cc4C3)C2C(=O)N1Cc1cccs1. The second kappa shape index (κ2) is 11.5. The van der Waals surface area contributed by atoms with Crippen LogP contribution in [0.15, 0.2) is 114 Å². The van der Waals surface area contributed by atoms with Gasteiger partial charge < -0.3 is 9.84 Å². The minimum Gasteiger partial charge on any atom is -0.508 e. The lowest BCUT2D eigenvalue weighted by Crippen LogP contribution is -2.55. The number of imide groups is 2. The molecule has 6 unspecified atom stereocenters. The number of hydrogen-bond donors (Lipinski definition) is 1. The summed E-state index contributed by atoms with van der Waals surface area (Å²) < 4.78 is 6.19. The third-order valence-electron chi connectivity index (χ3n) is 11.3. The lowest BCUT2D eigenvalue weighted by Gasteiger charge is -2.51. The van der Waals surface area contributed by atoms with Crippen LogP contribution in [0.3, 0.4) is 0 Å². The average Bonchev–Trinajstić information content (AvgIpc) is 3.79. The fraction of sp³-hybridized carbons (Fsp3) is 0.250. The Labute approximate surface area is 297 Å². The number of carbonyl (C=O) groups is 4. The topological polar surface area (TPSA) is 104 Å². The van der Waals surface area contributed by atoms with Crippen LogP contribution in [-0.2, 0) is 37.6 Å². The summed E-state index contributed by atoms with van der Waals surface area (Å²) in [6.07, 6.45) is 4.64. The van der Waals surface area contributed by atoms with Gasteiger partial charge >= 0.3 is 0 Å². The Hall–Kier alpha value is -4.99. The molecular formula is C40H31ClN2O6S. The van der Waals surface area contributed by atoms with Crippen LogP contribution < -0.4 is 9.64 Å². The molecule has 10 heteroatoms. The van der Waals surface area contributed by atoms with Crippen molar-refractivity contribution in [3.63, 3.8) is 0 Å². The van der Waals surface area contributed by atoms with Crippen molar-refractivity contribution < 1.29 is 29.0 Å². The fourth-order valence-corrected chi connectivity index (χ4v) is 10.2. The maximum absolute atomic E-state index is 15.4. The first-order valence-electron chi connectivity index (χ1n) is 16.7. The number of likely N-dealkylation sites (tertiary alicyclic amines) is 1. The zero-order chi connectivity index (χ0) is 34.3. The largest absolute Gasteiger partial charge is 0.508 e. The Kier molecular flexibility index (Phi) is 7.16. The van der Waals surface area contributed by atoms with E-state index in [0.717, 1.165) is 21.6 Å². The van der Waals surface area contributed by atoms with Crippen LogP contribution in [0.1, 0.15) is 28.8 Å². The van der Waals surface area contributed by atoms with E-state index in [4.69, 9.17) is 16.3 Å². The van der Waals surface area contributed by atoms with Crippen molar-refractivity contribution in [3.8, 4) is 11.5 Å². The van der Waals surface area contributed by atoms with Gasteiger partial charge in [0.1, 0.15) is 11.5 Å². The van der Waals surface area contributed by atoms with Gasteiger partial charge in [-0.3, -0.25) is 24.1 Å². The van der Waals surface area contributed by atoms with Gasteiger partial charge in [-0.25, -0.2) is 4.90 Å². The molecule has 8 nitrogen and oxygen atoms in total. The van der Waals surface area contributed by atoms with Gasteiger partial charge in [0, 0.05) is 27.8 Å². The minimum atomic E-state index is -1.39. The Bertz CT molecular complexity index is 2160. The number of fused-ring (bicyclic) bond motifs is 5. The molecule has 1 N–H and O–H groups in total. The maximum atomic E-state index is 15.4. The van der Waals surface area contributed by atoms with E-state index in [1.165, 1.54) is 21.1 Å². The van der Waals surface area contributed by atoms with Crippen molar-refractivity contribution in [1.29, 1.82) is 0 Å². The first-order chi connectivity index (χ1) is 24.3. The summed E-state index contributed by atoms with van der Waals surface area (Å²) in [4.78, 5) is 62.1. The summed E-state index contributed by atoms with van der Waals surface area (Å²) in [5, 5.41) is 12.7. The molecule has 1 aromatic heterocycles. The minimum absolute atomic E-state index is 0.0886. The van der Waals surface area contributed by atoms with Gasteiger partial charge in [0.05, 0.1) is 41.7 Å². The number of hydrogen-bond acceptors (Lipinski definition) is 7. The van der Waals surface area contributed by atoms with Crippen LogP contribution in [0.2, 0.25) is 5.02 Å². The van der Waals surface area contributed by atoms with Crippen LogP contribution in [0.25, 0.3) is 0 Å². The zero-order valence-electron chi connectivity index (χ0n) is 26.7. The molecule has 4 heterocycles. The van der Waals surface area contributed by atoms with Crippen molar-refractivity contribution in [2.24, 2.45) is 29.6 Å². The monoisotopic (exact) mass is 702 g/mol. The van der Waals surface area contributed by atoms with Crippen molar-refractivity contribution in [1.82, 2.24) is 4.90 Å². The van der Waals surface area contributed by atoms with Crippen LogP contribution in [0, 0.1) is 29.6 Å². The Morgan fingerprint density at radius 2 is 1.74 bits per heavy atom. The highest BCUT2D eigenvalue weighted by Crippen LogP contribution is 2.63. The molecule has 3 aromatic carbocycles. The summed E-state index contributed by atoms with van der Waals surface area (Å²) in [5.41, 5.74) is 2.06. The maximum Gasteiger partial charge on any atom is 0.246 e. The number of ether oxygens (including phenoxy) is 1. The molecule has 3 aliphatic heterocycles. The van der Waals surface area contributed by atoms with E-state index in [9.17, 15) is 19.5 Å². The molecule has 50 heavy (non-hydrogen) atoms. The molecule has 250 valence electrons. The second-order valence-electron chi connectivity index (χ2n) is 13.7. The number of thiophene rings is 1. The van der Waals surface area contributed by atoms with E-state index in [1.807, 2.05) is 47.8 Å². The van der Waals surface area contributed by atoms with Crippen LogP contribution in [0.4, 0.5) is 5.69 Å². The standard InChI is InChI=1S/C40H31ClN2O6S/c41-25-8-4-9-26(18-25)43-37(46)32-19-31-29(12-13-30-34(31)38(47)42(36(30)45)20-28-10-5-15-50-28)35(40(32,39(43)48)24-6-2-1-3-7-24)23-16-22-17-27(44)11-14-33(22)49-21-23/h1-12,14-15,17-18,21,30-32,34-35,44H,13,16,19-20H2. The number of carbonyl (C=O) groups excluding carboxylic acids is 4. The van der Waals surface area contributed by atoms with Crippen LogP contribution in [0.5, 0.6) is 11.5 Å². The molecule has 6 atom stereocenters. The molecule has 9 rings (SSSR count). The number of allylic oxidation sites excluding steroid dienone is 3. The molecule has 3 fully saturated rings. The van der Waals surface area contributed by atoms with Gasteiger partial charge in [0.2, 0.25) is 23.6 Å². The van der Waals surface area contributed by atoms with Gasteiger partial charge in [-0.1, -0.05) is 65.7 Å². The van der Waals surface area contributed by atoms with Crippen LogP contribution >= 0.6 is 22.9 Å². The molecule has 0 spiro atoms. The molecule has 0 bridgehead atoms. The van der Waals surface area contributed by atoms with E-state index in [1.54, 1.807) is 48.7 Å². The van der Waals surface area contributed by atoms with Gasteiger partial charge in [0.15, 0.2) is 0 Å². The molecular weight excluding hydrogens is 672 g/mol. The number of rotatable bonds is 5. The Morgan fingerprint density at radius 1 is 0.900 bits per heavy atom. The van der Waals surface area contributed by atoms with E-state index < -0.39 is 35.0 Å². The molecule has 4 aromatic rings. The highest BCUT2D eigenvalue weighted by atomic mass is 35.5. The molecule has 0 radical (unpaired) electrons. The number of aromatic hydroxyl groups is 1. The highest BCUT2D eigenvalue weighted by molar-refractivity contribution is 7.09. The van der Waals surface area contributed by atoms with Gasteiger partial charge in [0.25, 0.3) is 0 Å². The number of nitrogens with zero attached hydrogens (tertiary/aromatic N) is 2. The Balaban J connectivity index is 1.24. The predicted molar refractivity (Wildman–Crippen MR) is 187 cm³/mol. The third-order valence-corrected chi connectivity index (χ3v) is 12.4. The summed E-state index contributed by atoms with van der Waals surface area (Å²) >= 11 is 7.91. The smallest absolute Gasteiger partial charge is 0.246 e. The fourth-order valence-electron chi connectivity index (χ4n) is 9.34. The lowest BCUT2D eigenvalue weighted by atomic mass is 9.48. The number of amides is 4. The first-order valence-corrected chi connectivity index (χ1v) is 18.0. The predicted octanol–water partition coefficient (Wildman–Crippen LogP) is 6.82. The van der Waals surface area contributed by atoms with E-state index in [0.29, 0.717) is 34.9 Å². The zero-order valence-corrected chi connectivity index (χ0v) is 28.3. The van der Waals surface area contributed by atoms with E-state index in [-0.39, 0.29) is 42.3 Å². The molecule has 4 amide bonds. The van der Waals surface area contributed by atoms with Crippen molar-refractivity contribution >= 4 is 52.3 Å². The Morgan fingerprint density at radius 3 is 2.52 bits per heavy atom. The van der Waals surface area contributed by atoms with E-state index in [2.05, 4.69) is 6.08 Å². The van der Waals surface area contributed by atoms with Gasteiger partial charge in [-0.2, -0.15) is 0 Å². The molecule has 1 saturated carbocycles. The number of phenolic OH excluding ortho intramolecular Hbond substituents is 1. The average molecular weight is 703 g/mol. The van der Waals surface area contributed by atoms with Crippen molar-refractivity contribution in [2.75, 3.05) is 4.90 Å². The van der Waals surface area contributed by atoms with Crippen LogP contribution in [-0.4, -0.2) is 33.6 Å². The van der Waals surface area contributed by atoms with Crippen molar-refractivity contribution in [2.45, 2.75) is 31.2 Å². The summed E-state index contributed by atoms with van der Waals surface area (Å²) in [6, 6.07) is 24.9. The third kappa shape index (κ3) is 4.42. The highest BCUT2D eigenvalue weighted by Gasteiger charge is 2.70.